The summed E-state index contributed by atoms with van der Waals surface area (Å²) in [5.41, 5.74) is 0. The number of carboxylic acid groups (broad SMARTS) is 1. The minimum atomic E-state index is -1.04. The van der Waals surface area contributed by atoms with E-state index < -0.39 is 17.9 Å². The second kappa shape index (κ2) is 7.68. The molecule has 0 bridgehead atoms. The minimum Gasteiger partial charge on any atom is -0.480 e. The van der Waals surface area contributed by atoms with Gasteiger partial charge in [-0.25, -0.2) is 4.79 Å². The number of hydrogen-bond donors (Lipinski definition) is 2. The smallest absolute Gasteiger partial charge is 0.326 e. The molecular formula is C13H17NO4S. The second-order valence-electron chi connectivity index (χ2n) is 4.15. The zero-order valence-corrected chi connectivity index (χ0v) is 11.5. The molecule has 1 atom stereocenters. The number of amides is 1. The van der Waals surface area contributed by atoms with Crippen LogP contribution in [0.2, 0.25) is 0 Å². The van der Waals surface area contributed by atoms with Gasteiger partial charge in [-0.2, -0.15) is 0 Å². The average molecular weight is 283 g/mol. The first-order chi connectivity index (χ1) is 9.04. The van der Waals surface area contributed by atoms with Crippen LogP contribution in [0.4, 0.5) is 0 Å². The van der Waals surface area contributed by atoms with Crippen LogP contribution in [0.5, 0.6) is 0 Å². The van der Waals surface area contributed by atoms with Crippen LogP contribution in [0.1, 0.15) is 42.3 Å². The van der Waals surface area contributed by atoms with Gasteiger partial charge in [0.05, 0.1) is 4.88 Å². The molecule has 0 saturated heterocycles. The van der Waals surface area contributed by atoms with Crippen molar-refractivity contribution in [2.45, 2.75) is 38.6 Å². The molecule has 1 aromatic heterocycles. The molecule has 0 spiro atoms. The van der Waals surface area contributed by atoms with E-state index in [1.807, 2.05) is 6.92 Å². The first-order valence-electron chi connectivity index (χ1n) is 6.13. The fraction of sp³-hybridized carbons (Fsp3) is 0.462. The molecule has 2 N–H and O–H groups in total. The van der Waals surface area contributed by atoms with Gasteiger partial charge in [-0.1, -0.05) is 19.4 Å². The minimum absolute atomic E-state index is 0.0181. The standard InChI is InChI=1S/C13H17NO4S/c1-2-4-9(13(17)18)14-12(16)7-6-10(15)11-5-3-8-19-11/h3,5,8-9H,2,4,6-7H2,1H3,(H,14,16)(H,17,18). The van der Waals surface area contributed by atoms with Crippen molar-refractivity contribution in [1.29, 1.82) is 0 Å². The van der Waals surface area contributed by atoms with Crippen molar-refractivity contribution >= 4 is 29.0 Å². The monoisotopic (exact) mass is 283 g/mol. The van der Waals surface area contributed by atoms with Crippen molar-refractivity contribution in [3.8, 4) is 0 Å². The summed E-state index contributed by atoms with van der Waals surface area (Å²) in [6, 6.07) is 2.62. The molecule has 0 saturated carbocycles. The number of carboxylic acids is 1. The third-order valence-electron chi connectivity index (χ3n) is 2.59. The summed E-state index contributed by atoms with van der Waals surface area (Å²) in [4.78, 5) is 34.7. The summed E-state index contributed by atoms with van der Waals surface area (Å²) in [7, 11) is 0. The van der Waals surface area contributed by atoms with Crippen LogP contribution in [0.15, 0.2) is 17.5 Å². The summed E-state index contributed by atoms with van der Waals surface area (Å²) >= 11 is 1.33. The Balaban J connectivity index is 2.38. The molecule has 0 fully saturated rings. The lowest BCUT2D eigenvalue weighted by atomic mass is 10.1. The van der Waals surface area contributed by atoms with Crippen molar-refractivity contribution in [3.05, 3.63) is 22.4 Å². The Labute approximate surface area is 115 Å². The van der Waals surface area contributed by atoms with E-state index in [1.54, 1.807) is 17.5 Å². The Bertz CT molecular complexity index is 442. The lowest BCUT2D eigenvalue weighted by Gasteiger charge is -2.13. The maximum atomic E-state index is 11.7. The van der Waals surface area contributed by atoms with Crippen LogP contribution in [0.3, 0.4) is 0 Å². The van der Waals surface area contributed by atoms with E-state index in [-0.39, 0.29) is 18.6 Å². The summed E-state index contributed by atoms with van der Waals surface area (Å²) in [5.74, 6) is -1.53. The molecule has 0 aliphatic heterocycles. The van der Waals surface area contributed by atoms with E-state index >= 15 is 0 Å². The molecule has 19 heavy (non-hydrogen) atoms. The van der Waals surface area contributed by atoms with Gasteiger partial charge in [0, 0.05) is 12.8 Å². The van der Waals surface area contributed by atoms with E-state index in [1.165, 1.54) is 11.3 Å². The molecule has 1 unspecified atom stereocenters. The first-order valence-corrected chi connectivity index (χ1v) is 7.01. The summed E-state index contributed by atoms with van der Waals surface area (Å²) in [6.07, 6.45) is 1.18. The van der Waals surface area contributed by atoms with Gasteiger partial charge in [-0.15, -0.1) is 11.3 Å². The van der Waals surface area contributed by atoms with Crippen LogP contribution in [0.25, 0.3) is 0 Å². The van der Waals surface area contributed by atoms with Gasteiger partial charge in [-0.05, 0) is 17.9 Å². The highest BCUT2D eigenvalue weighted by Crippen LogP contribution is 2.12. The normalized spacial score (nSPS) is 11.8. The molecule has 0 aliphatic rings. The Kier molecular flexibility index (Phi) is 6.21. The second-order valence-corrected chi connectivity index (χ2v) is 5.10. The number of rotatable bonds is 8. The zero-order valence-electron chi connectivity index (χ0n) is 10.7. The van der Waals surface area contributed by atoms with E-state index in [0.29, 0.717) is 17.7 Å². The van der Waals surface area contributed by atoms with Crippen LogP contribution in [-0.2, 0) is 9.59 Å². The largest absolute Gasteiger partial charge is 0.480 e. The van der Waals surface area contributed by atoms with Crippen LogP contribution in [0, 0.1) is 0 Å². The molecule has 104 valence electrons. The molecule has 6 heteroatoms. The van der Waals surface area contributed by atoms with Gasteiger partial charge in [0.25, 0.3) is 0 Å². The van der Waals surface area contributed by atoms with Crippen LogP contribution >= 0.6 is 11.3 Å². The third kappa shape index (κ3) is 5.21. The number of aliphatic carboxylic acids is 1. The molecule has 1 aromatic rings. The fourth-order valence-corrected chi connectivity index (χ4v) is 2.29. The lowest BCUT2D eigenvalue weighted by Crippen LogP contribution is -2.40. The summed E-state index contributed by atoms with van der Waals surface area (Å²) < 4.78 is 0. The van der Waals surface area contributed by atoms with Gasteiger partial charge < -0.3 is 10.4 Å². The maximum Gasteiger partial charge on any atom is 0.326 e. The zero-order chi connectivity index (χ0) is 14.3. The van der Waals surface area contributed by atoms with Crippen molar-refractivity contribution in [2.75, 3.05) is 0 Å². The number of thiophene rings is 1. The van der Waals surface area contributed by atoms with Gasteiger partial charge in [-0.3, -0.25) is 9.59 Å². The van der Waals surface area contributed by atoms with Gasteiger partial charge in [0.15, 0.2) is 5.78 Å². The predicted octanol–water partition coefficient (Wildman–Crippen LogP) is 2.08. The first kappa shape index (κ1) is 15.4. The lowest BCUT2D eigenvalue weighted by molar-refractivity contribution is -0.142. The molecule has 1 rings (SSSR count). The fourth-order valence-electron chi connectivity index (χ4n) is 1.60. The number of ketones is 1. The number of hydrogen-bond acceptors (Lipinski definition) is 4. The third-order valence-corrected chi connectivity index (χ3v) is 3.50. The van der Waals surface area contributed by atoms with Crippen molar-refractivity contribution in [2.24, 2.45) is 0 Å². The number of nitrogens with one attached hydrogen (secondary N) is 1. The van der Waals surface area contributed by atoms with E-state index in [4.69, 9.17) is 5.11 Å². The Morgan fingerprint density at radius 2 is 2.11 bits per heavy atom. The Hall–Kier alpha value is -1.69. The van der Waals surface area contributed by atoms with E-state index in [0.717, 1.165) is 0 Å². The molecule has 1 heterocycles. The molecule has 0 aliphatic carbocycles. The molecule has 1 amide bonds. The highest BCUT2D eigenvalue weighted by molar-refractivity contribution is 7.12. The van der Waals surface area contributed by atoms with Crippen LogP contribution < -0.4 is 5.32 Å². The number of carbonyl (C=O) groups excluding carboxylic acids is 2. The van der Waals surface area contributed by atoms with E-state index in [9.17, 15) is 14.4 Å². The molecule has 5 nitrogen and oxygen atoms in total. The molecular weight excluding hydrogens is 266 g/mol. The van der Waals surface area contributed by atoms with Gasteiger partial charge in [0.2, 0.25) is 5.91 Å². The van der Waals surface area contributed by atoms with Crippen LogP contribution in [-0.4, -0.2) is 28.8 Å². The van der Waals surface area contributed by atoms with Crippen molar-refractivity contribution < 1.29 is 19.5 Å². The van der Waals surface area contributed by atoms with Crippen molar-refractivity contribution in [3.63, 3.8) is 0 Å². The van der Waals surface area contributed by atoms with Crippen molar-refractivity contribution in [1.82, 2.24) is 5.32 Å². The number of Topliss-reactive ketones (excluding diaryl/α,β-unsaturated/α-hetero) is 1. The maximum absolute atomic E-state index is 11.7. The summed E-state index contributed by atoms with van der Waals surface area (Å²) in [5, 5.41) is 13.1. The molecule has 0 radical (unpaired) electrons. The Morgan fingerprint density at radius 3 is 2.63 bits per heavy atom. The number of carbonyl (C=O) groups is 3. The summed E-state index contributed by atoms with van der Waals surface area (Å²) in [6.45, 7) is 1.85. The highest BCUT2D eigenvalue weighted by atomic mass is 32.1. The van der Waals surface area contributed by atoms with E-state index in [2.05, 4.69) is 5.32 Å². The van der Waals surface area contributed by atoms with Gasteiger partial charge >= 0.3 is 5.97 Å². The Morgan fingerprint density at radius 1 is 1.37 bits per heavy atom. The molecule has 0 aromatic carbocycles. The quantitative estimate of drug-likeness (QED) is 0.715. The predicted molar refractivity (Wildman–Crippen MR) is 72.4 cm³/mol. The topological polar surface area (TPSA) is 83.5 Å². The highest BCUT2D eigenvalue weighted by Gasteiger charge is 2.19. The average Bonchev–Trinajstić information content (AvgIpc) is 2.89. The SMILES string of the molecule is CCCC(NC(=O)CCC(=O)c1cccs1)C(=O)O. The van der Waals surface area contributed by atoms with Gasteiger partial charge in [0.1, 0.15) is 6.04 Å².